The number of piperidine rings is 1. The molecule has 1 aliphatic heterocycles. The van der Waals surface area contributed by atoms with Crippen molar-refractivity contribution in [1.82, 2.24) is 4.31 Å². The molecule has 1 fully saturated rings. The van der Waals surface area contributed by atoms with E-state index in [0.717, 1.165) is 19.1 Å². The second-order valence-corrected chi connectivity index (χ2v) is 7.17. The van der Waals surface area contributed by atoms with Gasteiger partial charge in [-0.1, -0.05) is 18.6 Å². The van der Waals surface area contributed by atoms with Gasteiger partial charge < -0.3 is 10.4 Å². The minimum absolute atomic E-state index is 0.109. The molecule has 1 saturated heterocycles. The number of hydrogen-bond donors (Lipinski definition) is 2. The van der Waals surface area contributed by atoms with Crippen LogP contribution in [0.1, 0.15) is 24.8 Å². The van der Waals surface area contributed by atoms with Crippen LogP contribution in [-0.2, 0) is 21.4 Å². The summed E-state index contributed by atoms with van der Waals surface area (Å²) in [6, 6.07) is 6.21. The van der Waals surface area contributed by atoms with Crippen LogP contribution in [0.2, 0.25) is 0 Å². The van der Waals surface area contributed by atoms with Crippen LogP contribution in [0.4, 0.5) is 5.69 Å². The van der Waals surface area contributed by atoms with Crippen LogP contribution in [-0.4, -0.2) is 42.6 Å². The fourth-order valence-corrected chi connectivity index (χ4v) is 3.66. The summed E-state index contributed by atoms with van der Waals surface area (Å²) in [5, 5.41) is 11.8. The Bertz CT molecular complexity index is 615. The maximum atomic E-state index is 12.3. The third-order valence-corrected chi connectivity index (χ3v) is 4.85. The summed E-state index contributed by atoms with van der Waals surface area (Å²) < 4.78 is 24.8. The molecule has 1 heterocycles. The van der Waals surface area contributed by atoms with E-state index in [0.29, 0.717) is 24.2 Å². The number of sulfonamides is 1. The predicted molar refractivity (Wildman–Crippen MR) is 80.2 cm³/mol. The van der Waals surface area contributed by atoms with E-state index in [9.17, 15) is 13.2 Å². The summed E-state index contributed by atoms with van der Waals surface area (Å²) in [6.07, 6.45) is 3.27. The minimum Gasteiger partial charge on any atom is -0.392 e. The lowest BCUT2D eigenvalue weighted by Crippen LogP contribution is -2.49. The van der Waals surface area contributed by atoms with Crippen molar-refractivity contribution in [3.8, 4) is 0 Å². The highest BCUT2D eigenvalue weighted by molar-refractivity contribution is 7.88. The van der Waals surface area contributed by atoms with E-state index in [2.05, 4.69) is 5.32 Å². The molecule has 21 heavy (non-hydrogen) atoms. The highest BCUT2D eigenvalue weighted by Crippen LogP contribution is 2.21. The van der Waals surface area contributed by atoms with Gasteiger partial charge >= 0.3 is 0 Å². The van der Waals surface area contributed by atoms with Crippen molar-refractivity contribution in [3.63, 3.8) is 0 Å². The first-order valence-electron chi connectivity index (χ1n) is 6.89. The van der Waals surface area contributed by atoms with Gasteiger partial charge in [-0.15, -0.1) is 0 Å². The number of rotatable bonds is 4. The molecular weight excluding hydrogens is 292 g/mol. The molecule has 0 saturated carbocycles. The van der Waals surface area contributed by atoms with Gasteiger partial charge in [-0.05, 0) is 30.5 Å². The van der Waals surface area contributed by atoms with Crippen LogP contribution < -0.4 is 5.32 Å². The van der Waals surface area contributed by atoms with Gasteiger partial charge in [-0.2, -0.15) is 4.31 Å². The van der Waals surface area contributed by atoms with Crippen LogP contribution in [0.5, 0.6) is 0 Å². The van der Waals surface area contributed by atoms with Gasteiger partial charge in [0.2, 0.25) is 15.9 Å². The third kappa shape index (κ3) is 4.03. The SMILES string of the molecule is CS(=O)(=O)N1CCCCC1C(=O)Nc1cccc(CO)c1. The fourth-order valence-electron chi connectivity index (χ4n) is 2.54. The summed E-state index contributed by atoms with van der Waals surface area (Å²) in [7, 11) is -3.39. The summed E-state index contributed by atoms with van der Waals surface area (Å²) >= 11 is 0. The van der Waals surface area contributed by atoms with E-state index in [-0.39, 0.29) is 12.5 Å². The lowest BCUT2D eigenvalue weighted by Gasteiger charge is -2.32. The van der Waals surface area contributed by atoms with Crippen LogP contribution in [0.25, 0.3) is 0 Å². The quantitative estimate of drug-likeness (QED) is 0.866. The van der Waals surface area contributed by atoms with Crippen LogP contribution in [0, 0.1) is 0 Å². The topological polar surface area (TPSA) is 86.7 Å². The zero-order valence-corrected chi connectivity index (χ0v) is 12.8. The molecule has 1 amide bonds. The summed E-state index contributed by atoms with van der Waals surface area (Å²) in [4.78, 5) is 12.3. The normalized spacial score (nSPS) is 20.2. The van der Waals surface area contributed by atoms with Gasteiger partial charge in [-0.25, -0.2) is 8.42 Å². The first-order valence-corrected chi connectivity index (χ1v) is 8.74. The van der Waals surface area contributed by atoms with E-state index >= 15 is 0 Å². The van der Waals surface area contributed by atoms with E-state index in [1.54, 1.807) is 24.3 Å². The lowest BCUT2D eigenvalue weighted by molar-refractivity contribution is -0.120. The average molecular weight is 312 g/mol. The zero-order valence-electron chi connectivity index (χ0n) is 11.9. The number of aliphatic hydroxyl groups excluding tert-OH is 1. The second kappa shape index (κ2) is 6.55. The van der Waals surface area contributed by atoms with Gasteiger partial charge in [0.25, 0.3) is 0 Å². The Labute approximate surface area is 124 Å². The van der Waals surface area contributed by atoms with Crippen molar-refractivity contribution >= 4 is 21.6 Å². The first-order chi connectivity index (χ1) is 9.91. The molecule has 0 radical (unpaired) electrons. The maximum Gasteiger partial charge on any atom is 0.242 e. The number of carbonyl (C=O) groups is 1. The fraction of sp³-hybridized carbons (Fsp3) is 0.500. The maximum absolute atomic E-state index is 12.3. The Morgan fingerprint density at radius 1 is 1.43 bits per heavy atom. The molecule has 2 N–H and O–H groups in total. The van der Waals surface area contributed by atoms with E-state index in [4.69, 9.17) is 5.11 Å². The molecule has 1 aliphatic rings. The first kappa shape index (κ1) is 15.9. The Kier molecular flexibility index (Phi) is 4.97. The van der Waals surface area contributed by atoms with Crippen LogP contribution in [0.3, 0.4) is 0 Å². The van der Waals surface area contributed by atoms with Crippen molar-refractivity contribution in [2.45, 2.75) is 31.9 Å². The van der Waals surface area contributed by atoms with E-state index in [1.165, 1.54) is 4.31 Å². The van der Waals surface area contributed by atoms with E-state index < -0.39 is 16.1 Å². The molecule has 1 aromatic carbocycles. The van der Waals surface area contributed by atoms with Gasteiger partial charge in [-0.3, -0.25) is 4.79 Å². The molecule has 6 nitrogen and oxygen atoms in total. The molecule has 2 rings (SSSR count). The third-order valence-electron chi connectivity index (χ3n) is 3.56. The largest absolute Gasteiger partial charge is 0.392 e. The zero-order chi connectivity index (χ0) is 15.5. The minimum atomic E-state index is -3.39. The summed E-state index contributed by atoms with van der Waals surface area (Å²) in [5.74, 6) is -0.324. The molecule has 1 unspecified atom stereocenters. The Hall–Kier alpha value is -1.44. The lowest BCUT2D eigenvalue weighted by atomic mass is 10.0. The van der Waals surface area contributed by atoms with E-state index in [1.807, 2.05) is 0 Å². The van der Waals surface area contributed by atoms with Crippen LogP contribution >= 0.6 is 0 Å². The van der Waals surface area contributed by atoms with Crippen molar-refractivity contribution in [1.29, 1.82) is 0 Å². The molecule has 0 aromatic heterocycles. The highest BCUT2D eigenvalue weighted by atomic mass is 32.2. The second-order valence-electron chi connectivity index (χ2n) is 5.23. The van der Waals surface area contributed by atoms with Gasteiger partial charge in [0.15, 0.2) is 0 Å². The predicted octanol–water partition coefficient (Wildman–Crippen LogP) is 0.931. The Morgan fingerprint density at radius 3 is 2.86 bits per heavy atom. The number of anilines is 1. The molecular formula is C14H20N2O4S. The summed E-state index contributed by atoms with van der Waals surface area (Å²) in [5.41, 5.74) is 1.25. The number of nitrogens with zero attached hydrogens (tertiary/aromatic N) is 1. The Balaban J connectivity index is 2.14. The molecule has 1 atom stereocenters. The van der Waals surface area contributed by atoms with Crippen molar-refractivity contribution in [2.75, 3.05) is 18.1 Å². The van der Waals surface area contributed by atoms with Crippen molar-refractivity contribution in [3.05, 3.63) is 29.8 Å². The van der Waals surface area contributed by atoms with Crippen molar-refractivity contribution < 1.29 is 18.3 Å². The average Bonchev–Trinajstić information content (AvgIpc) is 2.46. The number of carbonyl (C=O) groups excluding carboxylic acids is 1. The summed E-state index contributed by atoms with van der Waals surface area (Å²) in [6.45, 7) is 0.274. The smallest absolute Gasteiger partial charge is 0.242 e. The monoisotopic (exact) mass is 312 g/mol. The number of nitrogens with one attached hydrogen (secondary N) is 1. The van der Waals surface area contributed by atoms with Gasteiger partial charge in [0, 0.05) is 12.2 Å². The van der Waals surface area contributed by atoms with Gasteiger partial charge in [0.05, 0.1) is 12.9 Å². The van der Waals surface area contributed by atoms with Crippen molar-refractivity contribution in [2.24, 2.45) is 0 Å². The highest BCUT2D eigenvalue weighted by Gasteiger charge is 2.34. The molecule has 7 heteroatoms. The molecule has 0 bridgehead atoms. The number of benzene rings is 1. The molecule has 0 spiro atoms. The number of hydrogen-bond acceptors (Lipinski definition) is 4. The standard InChI is InChI=1S/C14H20N2O4S/c1-21(19,20)16-8-3-2-7-13(16)14(18)15-12-6-4-5-11(9-12)10-17/h4-6,9,13,17H,2-3,7-8,10H2,1H3,(H,15,18). The molecule has 1 aromatic rings. The van der Waals surface area contributed by atoms with Crippen LogP contribution in [0.15, 0.2) is 24.3 Å². The molecule has 0 aliphatic carbocycles. The molecule has 116 valence electrons. The van der Waals surface area contributed by atoms with Gasteiger partial charge in [0.1, 0.15) is 6.04 Å². The Morgan fingerprint density at radius 2 is 2.19 bits per heavy atom. The number of aliphatic hydroxyl groups is 1. The number of amides is 1.